The molecule has 0 saturated carbocycles. The Morgan fingerprint density at radius 1 is 1.21 bits per heavy atom. The van der Waals surface area contributed by atoms with Gasteiger partial charge in [0.1, 0.15) is 12.7 Å². The number of hydrogen-bond donors (Lipinski definition) is 0. The SMILES string of the molecule is CCOC(=O)OCC(C)OC(=O)OC. The Morgan fingerprint density at radius 3 is 2.36 bits per heavy atom. The maximum atomic E-state index is 10.7. The van der Waals surface area contributed by atoms with Gasteiger partial charge in [-0.2, -0.15) is 0 Å². The van der Waals surface area contributed by atoms with E-state index >= 15 is 0 Å². The molecule has 0 aliphatic rings. The monoisotopic (exact) mass is 206 g/mol. The third-order valence-electron chi connectivity index (χ3n) is 1.16. The van der Waals surface area contributed by atoms with Gasteiger partial charge in [-0.1, -0.05) is 0 Å². The molecule has 1 unspecified atom stereocenters. The van der Waals surface area contributed by atoms with Crippen LogP contribution in [0.25, 0.3) is 0 Å². The maximum absolute atomic E-state index is 10.7. The van der Waals surface area contributed by atoms with Crippen LogP contribution in [0.5, 0.6) is 0 Å². The second kappa shape index (κ2) is 6.99. The number of rotatable bonds is 4. The van der Waals surface area contributed by atoms with Crippen molar-refractivity contribution in [1.29, 1.82) is 0 Å². The lowest BCUT2D eigenvalue weighted by atomic mass is 10.4. The first-order chi connectivity index (χ1) is 6.60. The summed E-state index contributed by atoms with van der Waals surface area (Å²) in [6.45, 7) is 3.41. The lowest BCUT2D eigenvalue weighted by Crippen LogP contribution is -2.22. The van der Waals surface area contributed by atoms with Gasteiger partial charge in [-0.25, -0.2) is 9.59 Å². The quantitative estimate of drug-likeness (QED) is 0.646. The summed E-state index contributed by atoms with van der Waals surface area (Å²) in [5.41, 5.74) is 0. The first-order valence-electron chi connectivity index (χ1n) is 4.14. The summed E-state index contributed by atoms with van der Waals surface area (Å²) in [6.07, 6.45) is -2.16. The molecule has 0 bridgehead atoms. The fourth-order valence-electron chi connectivity index (χ4n) is 0.591. The highest BCUT2D eigenvalue weighted by atomic mass is 16.7. The zero-order chi connectivity index (χ0) is 11.0. The van der Waals surface area contributed by atoms with Crippen molar-refractivity contribution < 1.29 is 28.5 Å². The third kappa shape index (κ3) is 6.10. The molecule has 1 atom stereocenters. The van der Waals surface area contributed by atoms with Gasteiger partial charge < -0.3 is 18.9 Å². The average Bonchev–Trinajstić information content (AvgIpc) is 2.15. The van der Waals surface area contributed by atoms with Crippen LogP contribution in [0.15, 0.2) is 0 Å². The second-order valence-electron chi connectivity index (χ2n) is 2.38. The summed E-state index contributed by atoms with van der Waals surface area (Å²) in [4.78, 5) is 21.3. The van der Waals surface area contributed by atoms with Crippen molar-refractivity contribution in [2.75, 3.05) is 20.3 Å². The summed E-state index contributed by atoms with van der Waals surface area (Å²) in [5, 5.41) is 0. The first kappa shape index (κ1) is 12.5. The average molecular weight is 206 g/mol. The van der Waals surface area contributed by atoms with Crippen LogP contribution in [0.1, 0.15) is 13.8 Å². The van der Waals surface area contributed by atoms with Gasteiger partial charge in [0.05, 0.1) is 13.7 Å². The first-order valence-corrected chi connectivity index (χ1v) is 4.14. The van der Waals surface area contributed by atoms with E-state index in [1.54, 1.807) is 13.8 Å². The molecule has 0 amide bonds. The van der Waals surface area contributed by atoms with Crippen LogP contribution in [-0.2, 0) is 18.9 Å². The Kier molecular flexibility index (Phi) is 6.26. The van der Waals surface area contributed by atoms with E-state index < -0.39 is 18.4 Å². The molecule has 0 fully saturated rings. The van der Waals surface area contributed by atoms with Crippen molar-refractivity contribution in [1.82, 2.24) is 0 Å². The van der Waals surface area contributed by atoms with Crippen molar-refractivity contribution in [3.8, 4) is 0 Å². The molecule has 0 radical (unpaired) electrons. The smallest absolute Gasteiger partial charge is 0.438 e. The van der Waals surface area contributed by atoms with Gasteiger partial charge in [0.2, 0.25) is 0 Å². The topological polar surface area (TPSA) is 71.1 Å². The van der Waals surface area contributed by atoms with Crippen LogP contribution in [0.3, 0.4) is 0 Å². The Hall–Kier alpha value is -1.46. The summed E-state index contributed by atoms with van der Waals surface area (Å²) < 4.78 is 18.0. The molecule has 0 aliphatic heterocycles. The van der Waals surface area contributed by atoms with E-state index in [1.807, 2.05) is 0 Å². The molecule has 6 nitrogen and oxygen atoms in total. The summed E-state index contributed by atoms with van der Waals surface area (Å²) in [7, 11) is 1.20. The minimum Gasteiger partial charge on any atom is -0.438 e. The van der Waals surface area contributed by atoms with Crippen LogP contribution in [0, 0.1) is 0 Å². The van der Waals surface area contributed by atoms with Gasteiger partial charge in [0.25, 0.3) is 0 Å². The molecule has 14 heavy (non-hydrogen) atoms. The predicted molar refractivity (Wildman–Crippen MR) is 45.9 cm³/mol. The number of carbonyl (C=O) groups excluding carboxylic acids is 2. The van der Waals surface area contributed by atoms with Gasteiger partial charge in [-0.05, 0) is 13.8 Å². The second-order valence-corrected chi connectivity index (χ2v) is 2.38. The Bertz CT molecular complexity index is 190. The van der Waals surface area contributed by atoms with Gasteiger partial charge >= 0.3 is 12.3 Å². The summed E-state index contributed by atoms with van der Waals surface area (Å²) in [5.74, 6) is 0. The largest absolute Gasteiger partial charge is 0.508 e. The zero-order valence-electron chi connectivity index (χ0n) is 8.44. The Labute approximate surface area is 82.1 Å². The van der Waals surface area contributed by atoms with E-state index in [2.05, 4.69) is 18.9 Å². The van der Waals surface area contributed by atoms with Crippen molar-refractivity contribution >= 4 is 12.3 Å². The van der Waals surface area contributed by atoms with E-state index in [-0.39, 0.29) is 13.2 Å². The van der Waals surface area contributed by atoms with Crippen molar-refractivity contribution in [2.24, 2.45) is 0 Å². The van der Waals surface area contributed by atoms with Crippen LogP contribution >= 0.6 is 0 Å². The van der Waals surface area contributed by atoms with Crippen LogP contribution in [0.4, 0.5) is 9.59 Å². The van der Waals surface area contributed by atoms with Gasteiger partial charge in [0, 0.05) is 0 Å². The Morgan fingerprint density at radius 2 is 1.86 bits per heavy atom. The lowest BCUT2D eigenvalue weighted by molar-refractivity contribution is -0.00346. The number of carbonyl (C=O) groups is 2. The molecule has 0 rings (SSSR count). The molecule has 82 valence electrons. The van der Waals surface area contributed by atoms with E-state index in [1.165, 1.54) is 7.11 Å². The molecule has 0 aromatic rings. The highest BCUT2D eigenvalue weighted by Crippen LogP contribution is 1.96. The van der Waals surface area contributed by atoms with Crippen molar-refractivity contribution in [2.45, 2.75) is 20.0 Å². The van der Waals surface area contributed by atoms with Gasteiger partial charge in [-0.3, -0.25) is 0 Å². The number of hydrogen-bond acceptors (Lipinski definition) is 6. The van der Waals surface area contributed by atoms with Crippen LogP contribution < -0.4 is 0 Å². The molecular formula is C8H14O6. The number of methoxy groups -OCH3 is 1. The highest BCUT2D eigenvalue weighted by molar-refractivity contribution is 5.60. The molecule has 6 heteroatoms. The molecule has 0 N–H and O–H groups in total. The molecule has 0 aliphatic carbocycles. The lowest BCUT2D eigenvalue weighted by Gasteiger charge is -2.11. The normalized spacial score (nSPS) is 11.4. The molecule has 0 aromatic heterocycles. The van der Waals surface area contributed by atoms with Gasteiger partial charge in [0.15, 0.2) is 0 Å². The molecule has 0 spiro atoms. The van der Waals surface area contributed by atoms with Crippen LogP contribution in [0.2, 0.25) is 0 Å². The van der Waals surface area contributed by atoms with E-state index in [9.17, 15) is 9.59 Å². The minimum atomic E-state index is -0.815. The summed E-state index contributed by atoms with van der Waals surface area (Å²) in [6, 6.07) is 0. The molecule has 0 saturated heterocycles. The third-order valence-corrected chi connectivity index (χ3v) is 1.16. The molecular weight excluding hydrogens is 192 g/mol. The van der Waals surface area contributed by atoms with Crippen molar-refractivity contribution in [3.05, 3.63) is 0 Å². The summed E-state index contributed by atoms with van der Waals surface area (Å²) >= 11 is 0. The minimum absolute atomic E-state index is 0.0616. The standard InChI is InChI=1S/C8H14O6/c1-4-12-8(10)13-5-6(2)14-7(9)11-3/h6H,4-5H2,1-3H3. The van der Waals surface area contributed by atoms with E-state index in [0.717, 1.165) is 0 Å². The van der Waals surface area contributed by atoms with E-state index in [0.29, 0.717) is 0 Å². The fourth-order valence-corrected chi connectivity index (χ4v) is 0.591. The number of ether oxygens (including phenoxy) is 4. The fraction of sp³-hybridized carbons (Fsp3) is 0.750. The van der Waals surface area contributed by atoms with Gasteiger partial charge in [-0.15, -0.1) is 0 Å². The zero-order valence-corrected chi connectivity index (χ0v) is 8.44. The predicted octanol–water partition coefficient (Wildman–Crippen LogP) is 1.33. The van der Waals surface area contributed by atoms with Crippen molar-refractivity contribution in [3.63, 3.8) is 0 Å². The van der Waals surface area contributed by atoms with Crippen LogP contribution in [-0.4, -0.2) is 38.7 Å². The maximum Gasteiger partial charge on any atom is 0.508 e. The Balaban J connectivity index is 3.57. The molecule has 0 aromatic carbocycles. The molecule has 0 heterocycles. The van der Waals surface area contributed by atoms with E-state index in [4.69, 9.17) is 0 Å². The highest BCUT2D eigenvalue weighted by Gasteiger charge is 2.12.